The Labute approximate surface area is 202 Å². The van der Waals surface area contributed by atoms with Gasteiger partial charge in [0.1, 0.15) is 0 Å². The van der Waals surface area contributed by atoms with Crippen molar-refractivity contribution in [3.63, 3.8) is 0 Å². The lowest BCUT2D eigenvalue weighted by atomic mass is 9.99. The Kier molecular flexibility index (Phi) is 6.39. The Morgan fingerprint density at radius 2 is 1.66 bits per heavy atom. The van der Waals surface area contributed by atoms with Crippen molar-refractivity contribution in [2.45, 2.75) is 40.0 Å². The average Bonchev–Trinajstić information content (AvgIpc) is 3.13. The molecule has 1 amide bonds. The number of halogens is 2. The highest BCUT2D eigenvalue weighted by Crippen LogP contribution is 2.32. The van der Waals surface area contributed by atoms with E-state index in [9.17, 15) is 18.8 Å². The largest absolute Gasteiger partial charge is 0.349 e. The Morgan fingerprint density at radius 3 is 2.34 bits per heavy atom. The average molecular weight is 478 g/mol. The quantitative estimate of drug-likeness (QED) is 0.237. The summed E-state index contributed by atoms with van der Waals surface area (Å²) in [6.07, 6.45) is -0.352. The van der Waals surface area contributed by atoms with Crippen LogP contribution in [0.4, 0.5) is 14.5 Å². The van der Waals surface area contributed by atoms with E-state index in [1.807, 2.05) is 44.2 Å². The number of nitrogens with zero attached hydrogens (tertiary/aromatic N) is 2. The van der Waals surface area contributed by atoms with E-state index in [1.54, 1.807) is 13.0 Å². The molecule has 4 rings (SSSR count). The van der Waals surface area contributed by atoms with Crippen LogP contribution < -0.4 is 10.0 Å². The van der Waals surface area contributed by atoms with Crippen molar-refractivity contribution < 1.29 is 23.5 Å². The van der Waals surface area contributed by atoms with Gasteiger partial charge in [0.05, 0.1) is 5.69 Å². The third kappa shape index (κ3) is 4.64. The number of aryl methyl sites for hydroxylation is 3. The van der Waals surface area contributed by atoms with Crippen molar-refractivity contribution in [1.82, 2.24) is 9.97 Å². The van der Waals surface area contributed by atoms with Crippen LogP contribution in [-0.4, -0.2) is 21.1 Å². The number of pyridine rings is 1. The lowest BCUT2D eigenvalue weighted by Crippen LogP contribution is -2.39. The molecule has 0 aliphatic heterocycles. The van der Waals surface area contributed by atoms with Crippen LogP contribution in [0.5, 0.6) is 0 Å². The first-order valence-electron chi connectivity index (χ1n) is 11.3. The van der Waals surface area contributed by atoms with Gasteiger partial charge in [-0.2, -0.15) is 0 Å². The van der Waals surface area contributed by atoms with E-state index >= 15 is 0 Å². The van der Waals surface area contributed by atoms with Crippen molar-refractivity contribution in [3.8, 4) is 22.8 Å². The molecule has 8 heteroatoms. The van der Waals surface area contributed by atoms with E-state index in [1.165, 1.54) is 31.2 Å². The minimum absolute atomic E-state index is 0.0491. The van der Waals surface area contributed by atoms with Gasteiger partial charge in [-0.1, -0.05) is 43.3 Å². The smallest absolute Gasteiger partial charge is 0.345 e. The molecule has 2 heterocycles. The Morgan fingerprint density at radius 1 is 1.03 bits per heavy atom. The van der Waals surface area contributed by atoms with Gasteiger partial charge < -0.3 is 10.5 Å². The molecule has 2 aromatic carbocycles. The predicted octanol–water partition coefficient (Wildman–Crippen LogP) is 5.95. The van der Waals surface area contributed by atoms with E-state index in [4.69, 9.17) is 4.98 Å². The predicted molar refractivity (Wildman–Crippen MR) is 130 cm³/mol. The number of H-pyrrole nitrogens is 1. The van der Waals surface area contributed by atoms with Gasteiger partial charge >= 0.3 is 11.7 Å². The van der Waals surface area contributed by atoms with Crippen molar-refractivity contribution in [3.05, 3.63) is 88.7 Å². The zero-order chi connectivity index (χ0) is 25.3. The summed E-state index contributed by atoms with van der Waals surface area (Å²) in [5.74, 6) is -3.41. The lowest BCUT2D eigenvalue weighted by molar-refractivity contribution is -0.896. The fraction of sp³-hybridized carbons (Fsp3) is 0.222. The maximum Gasteiger partial charge on any atom is 0.345 e. The first-order valence-corrected chi connectivity index (χ1v) is 11.3. The number of rotatable bonds is 6. The summed E-state index contributed by atoms with van der Waals surface area (Å²) in [6, 6.07) is 17.0. The van der Waals surface area contributed by atoms with Gasteiger partial charge in [0.15, 0.2) is 11.4 Å². The summed E-state index contributed by atoms with van der Waals surface area (Å²) >= 11 is 0. The SMILES string of the molecule is CCC(F)(F)c1cccc(NC(=O)c2c(C)[nH]c(-c3cccc(-c4c(C)cccc4C)n3)[n+]2O)c1. The summed E-state index contributed by atoms with van der Waals surface area (Å²) in [5.41, 5.74) is 4.70. The van der Waals surface area contributed by atoms with E-state index in [-0.39, 0.29) is 29.2 Å². The van der Waals surface area contributed by atoms with Crippen molar-refractivity contribution in [1.29, 1.82) is 0 Å². The number of aromatic nitrogens is 3. The second-order valence-corrected chi connectivity index (χ2v) is 8.53. The van der Waals surface area contributed by atoms with Gasteiger partial charge in [-0.3, -0.25) is 4.79 Å². The molecule has 0 atom stereocenters. The number of hydrogen-bond donors (Lipinski definition) is 3. The Balaban J connectivity index is 1.67. The fourth-order valence-electron chi connectivity index (χ4n) is 4.14. The summed E-state index contributed by atoms with van der Waals surface area (Å²) in [7, 11) is 0. The van der Waals surface area contributed by atoms with Gasteiger partial charge in [0, 0.05) is 30.2 Å². The molecule has 2 aromatic heterocycles. The highest BCUT2D eigenvalue weighted by Gasteiger charge is 2.32. The Bertz CT molecular complexity index is 1390. The minimum atomic E-state index is -3.00. The normalized spacial score (nSPS) is 11.5. The van der Waals surface area contributed by atoms with Crippen LogP contribution in [0.1, 0.15) is 46.2 Å². The van der Waals surface area contributed by atoms with E-state index in [0.717, 1.165) is 27.1 Å². The molecule has 0 unspecified atom stereocenters. The zero-order valence-electron chi connectivity index (χ0n) is 20.0. The number of amides is 1. The fourth-order valence-corrected chi connectivity index (χ4v) is 4.14. The summed E-state index contributed by atoms with van der Waals surface area (Å²) in [4.78, 5) is 20.7. The van der Waals surface area contributed by atoms with Crippen LogP contribution in [0.15, 0.2) is 60.7 Å². The Hall–Kier alpha value is -4.07. The molecule has 0 saturated carbocycles. The third-order valence-electron chi connectivity index (χ3n) is 6.02. The van der Waals surface area contributed by atoms with Gasteiger partial charge in [0.2, 0.25) is 0 Å². The molecule has 0 aliphatic rings. The number of nitrogens with one attached hydrogen (secondary N) is 2. The molecule has 0 spiro atoms. The van der Waals surface area contributed by atoms with E-state index in [0.29, 0.717) is 11.4 Å². The molecule has 3 N–H and O–H groups in total. The maximum atomic E-state index is 14.1. The lowest BCUT2D eigenvalue weighted by Gasteiger charge is -2.15. The van der Waals surface area contributed by atoms with Crippen LogP contribution in [-0.2, 0) is 5.92 Å². The van der Waals surface area contributed by atoms with E-state index in [2.05, 4.69) is 10.3 Å². The number of anilines is 1. The van der Waals surface area contributed by atoms with Crippen LogP contribution >= 0.6 is 0 Å². The summed E-state index contributed by atoms with van der Waals surface area (Å²) in [6.45, 7) is 7.06. The first-order chi connectivity index (χ1) is 16.6. The van der Waals surface area contributed by atoms with Gasteiger partial charge in [0.25, 0.3) is 11.6 Å². The molecule has 35 heavy (non-hydrogen) atoms. The van der Waals surface area contributed by atoms with Gasteiger partial charge in [-0.05, 0) is 54.0 Å². The molecule has 0 aliphatic carbocycles. The number of alkyl halides is 2. The molecule has 0 saturated heterocycles. The number of aromatic amines is 1. The third-order valence-corrected chi connectivity index (χ3v) is 6.02. The minimum Gasteiger partial charge on any atom is -0.349 e. The molecule has 0 fully saturated rings. The molecule has 0 bridgehead atoms. The maximum absolute atomic E-state index is 14.1. The number of benzene rings is 2. The van der Waals surface area contributed by atoms with Crippen LogP contribution in [0, 0.1) is 20.8 Å². The molecule has 4 aromatic rings. The number of carbonyl (C=O) groups is 1. The second kappa shape index (κ2) is 9.29. The topological polar surface area (TPSA) is 81.9 Å². The van der Waals surface area contributed by atoms with Crippen LogP contribution in [0.2, 0.25) is 0 Å². The number of imidazole rings is 1. The summed E-state index contributed by atoms with van der Waals surface area (Å²) < 4.78 is 28.9. The number of carbonyl (C=O) groups excluding carboxylic acids is 1. The standard InChI is InChI=1S/C27H26F2N4O2/c1-5-27(28,29)19-11-7-12-20(15-19)31-26(34)24-18(4)30-25(33(24)35)22-14-8-13-21(32-22)23-16(2)9-6-10-17(23)3/h6-15,35H,5H2,1-4H3,(H,31,34)/p+1. The molecule has 0 radical (unpaired) electrons. The van der Waals surface area contributed by atoms with Gasteiger partial charge in [-0.25, -0.2) is 18.7 Å². The number of hydrogen-bond acceptors (Lipinski definition) is 3. The first kappa shape index (κ1) is 24.1. The highest BCUT2D eigenvalue weighted by atomic mass is 19.3. The van der Waals surface area contributed by atoms with Crippen molar-refractivity contribution in [2.75, 3.05) is 5.32 Å². The zero-order valence-corrected chi connectivity index (χ0v) is 20.0. The second-order valence-electron chi connectivity index (χ2n) is 8.53. The van der Waals surface area contributed by atoms with Crippen molar-refractivity contribution >= 4 is 11.6 Å². The van der Waals surface area contributed by atoms with Gasteiger partial charge in [-0.15, -0.1) is 0 Å². The molecule has 180 valence electrons. The molecule has 6 nitrogen and oxygen atoms in total. The van der Waals surface area contributed by atoms with Crippen LogP contribution in [0.3, 0.4) is 0 Å². The highest BCUT2D eigenvalue weighted by molar-refractivity contribution is 6.02. The van der Waals surface area contributed by atoms with Crippen molar-refractivity contribution in [2.24, 2.45) is 0 Å². The molecular weight excluding hydrogens is 450 g/mol. The molecular formula is C27H27F2N4O2+. The summed E-state index contributed by atoms with van der Waals surface area (Å²) in [5, 5.41) is 13.5. The van der Waals surface area contributed by atoms with Crippen LogP contribution in [0.25, 0.3) is 22.8 Å². The monoisotopic (exact) mass is 477 g/mol. The van der Waals surface area contributed by atoms with E-state index < -0.39 is 11.8 Å².